The van der Waals surface area contributed by atoms with Crippen molar-refractivity contribution in [1.29, 1.82) is 0 Å². The molecule has 0 aliphatic rings. The van der Waals surface area contributed by atoms with Crippen molar-refractivity contribution in [1.82, 2.24) is 0 Å². The molecule has 0 saturated heterocycles. The molecule has 0 heterocycles. The number of hydrogen-bond acceptors (Lipinski definition) is 4. The van der Waals surface area contributed by atoms with E-state index in [9.17, 15) is 0 Å². The largest absolute Gasteiger partial charge is 0.493 e. The van der Waals surface area contributed by atoms with Gasteiger partial charge in [0.25, 0.3) is 0 Å². The lowest BCUT2D eigenvalue weighted by Crippen LogP contribution is -2.02. The minimum atomic E-state index is 0.284. The van der Waals surface area contributed by atoms with Gasteiger partial charge in [-0.3, -0.25) is 0 Å². The molecule has 4 heteroatoms. The summed E-state index contributed by atoms with van der Waals surface area (Å²) in [6.07, 6.45) is 9.87. The van der Waals surface area contributed by atoms with E-state index in [1.165, 1.54) is 24.8 Å². The molecule has 1 N–H and O–H groups in total. The molecule has 0 radical (unpaired) electrons. The molecule has 0 saturated carbocycles. The molecule has 1 aromatic rings. The smallest absolute Gasteiger partial charge is 0.203 e. The van der Waals surface area contributed by atoms with Gasteiger partial charge in [-0.05, 0) is 43.4 Å². The van der Waals surface area contributed by atoms with Crippen molar-refractivity contribution in [3.05, 3.63) is 17.7 Å². The van der Waals surface area contributed by atoms with Gasteiger partial charge in [-0.2, -0.15) is 0 Å². The Morgan fingerprint density at radius 3 is 2.04 bits per heavy atom. The molecule has 4 nitrogen and oxygen atoms in total. The monoisotopic (exact) mass is 338 g/mol. The average Bonchev–Trinajstić information content (AvgIpc) is 2.61. The number of methoxy groups -OCH3 is 2. The summed E-state index contributed by atoms with van der Waals surface area (Å²) >= 11 is 0. The zero-order valence-electron chi connectivity index (χ0n) is 15.6. The number of aryl methyl sites for hydroxylation is 1. The molecule has 0 aliphatic carbocycles. The van der Waals surface area contributed by atoms with E-state index in [0.717, 1.165) is 50.0 Å². The molecule has 0 bridgehead atoms. The standard InChI is InChI=1S/C20H34O4/c1-4-5-6-11-14-24-20-18(22-2)15-17(16-19(20)23-3)12-9-7-8-10-13-21/h15-16,21H,4-14H2,1-3H3. The van der Waals surface area contributed by atoms with E-state index in [4.69, 9.17) is 19.3 Å². The summed E-state index contributed by atoms with van der Waals surface area (Å²) < 4.78 is 17.0. The topological polar surface area (TPSA) is 47.9 Å². The van der Waals surface area contributed by atoms with E-state index < -0.39 is 0 Å². The van der Waals surface area contributed by atoms with Gasteiger partial charge >= 0.3 is 0 Å². The Bertz CT molecular complexity index is 420. The second kappa shape index (κ2) is 12.9. The summed E-state index contributed by atoms with van der Waals surface area (Å²) in [7, 11) is 3.34. The number of ether oxygens (including phenoxy) is 3. The Hall–Kier alpha value is -1.42. The van der Waals surface area contributed by atoms with Crippen LogP contribution < -0.4 is 14.2 Å². The van der Waals surface area contributed by atoms with Crippen LogP contribution in [0.3, 0.4) is 0 Å². The van der Waals surface area contributed by atoms with Gasteiger partial charge in [-0.25, -0.2) is 0 Å². The number of benzene rings is 1. The third-order valence-corrected chi connectivity index (χ3v) is 4.14. The zero-order valence-corrected chi connectivity index (χ0v) is 15.6. The van der Waals surface area contributed by atoms with Crippen LogP contribution in [0, 0.1) is 0 Å². The van der Waals surface area contributed by atoms with Gasteiger partial charge in [0, 0.05) is 6.61 Å². The van der Waals surface area contributed by atoms with Crippen molar-refractivity contribution in [2.45, 2.75) is 64.7 Å². The molecule has 0 atom stereocenters. The van der Waals surface area contributed by atoms with E-state index in [1.807, 2.05) is 0 Å². The Morgan fingerprint density at radius 2 is 1.46 bits per heavy atom. The van der Waals surface area contributed by atoms with Crippen LogP contribution >= 0.6 is 0 Å². The van der Waals surface area contributed by atoms with Crippen molar-refractivity contribution in [2.75, 3.05) is 27.4 Å². The number of hydrogen-bond donors (Lipinski definition) is 1. The molecule has 24 heavy (non-hydrogen) atoms. The van der Waals surface area contributed by atoms with Crippen LogP contribution in [0.4, 0.5) is 0 Å². The summed E-state index contributed by atoms with van der Waals surface area (Å²) in [6.45, 7) is 3.18. The van der Waals surface area contributed by atoms with E-state index in [2.05, 4.69) is 19.1 Å². The van der Waals surface area contributed by atoms with Gasteiger partial charge in [0.15, 0.2) is 11.5 Å². The predicted octanol–water partition coefficient (Wildman–Crippen LogP) is 4.76. The highest BCUT2D eigenvalue weighted by molar-refractivity contribution is 5.53. The minimum absolute atomic E-state index is 0.284. The Morgan fingerprint density at radius 1 is 0.833 bits per heavy atom. The maximum absolute atomic E-state index is 8.82. The lowest BCUT2D eigenvalue weighted by molar-refractivity contribution is 0.267. The van der Waals surface area contributed by atoms with E-state index in [0.29, 0.717) is 12.4 Å². The van der Waals surface area contributed by atoms with E-state index in [1.54, 1.807) is 14.2 Å². The lowest BCUT2D eigenvalue weighted by atomic mass is 10.0. The Labute approximate surface area is 147 Å². The molecule has 0 aliphatic heterocycles. The maximum atomic E-state index is 8.82. The lowest BCUT2D eigenvalue weighted by Gasteiger charge is -2.16. The summed E-state index contributed by atoms with van der Waals surface area (Å²) in [5.74, 6) is 2.20. The first kappa shape index (κ1) is 20.6. The van der Waals surface area contributed by atoms with E-state index >= 15 is 0 Å². The quantitative estimate of drug-likeness (QED) is 0.497. The number of aliphatic hydroxyl groups excluding tert-OH is 1. The maximum Gasteiger partial charge on any atom is 0.203 e. The molecule has 138 valence electrons. The van der Waals surface area contributed by atoms with Crippen molar-refractivity contribution >= 4 is 0 Å². The molecule has 0 fully saturated rings. The fourth-order valence-electron chi connectivity index (χ4n) is 2.72. The fraction of sp³-hybridized carbons (Fsp3) is 0.700. The predicted molar refractivity (Wildman–Crippen MR) is 98.4 cm³/mol. The van der Waals surface area contributed by atoms with E-state index in [-0.39, 0.29) is 6.61 Å². The van der Waals surface area contributed by atoms with Crippen LogP contribution in [-0.4, -0.2) is 32.5 Å². The molecule has 1 aromatic carbocycles. The van der Waals surface area contributed by atoms with Crippen molar-refractivity contribution in [3.8, 4) is 17.2 Å². The van der Waals surface area contributed by atoms with Crippen molar-refractivity contribution in [2.24, 2.45) is 0 Å². The normalized spacial score (nSPS) is 10.7. The first-order chi connectivity index (χ1) is 11.8. The average molecular weight is 338 g/mol. The molecular formula is C20H34O4. The SMILES string of the molecule is CCCCCCOc1c(OC)cc(CCCCCCO)cc1OC. The molecular weight excluding hydrogens is 304 g/mol. The highest BCUT2D eigenvalue weighted by atomic mass is 16.5. The van der Waals surface area contributed by atoms with Crippen LogP contribution in [-0.2, 0) is 6.42 Å². The van der Waals surface area contributed by atoms with Gasteiger partial charge in [0.2, 0.25) is 5.75 Å². The van der Waals surface area contributed by atoms with Crippen LogP contribution in [0.25, 0.3) is 0 Å². The van der Waals surface area contributed by atoms with Gasteiger partial charge < -0.3 is 19.3 Å². The first-order valence-corrected chi connectivity index (χ1v) is 9.25. The second-order valence-electron chi connectivity index (χ2n) is 6.13. The van der Waals surface area contributed by atoms with Gasteiger partial charge in [-0.1, -0.05) is 39.0 Å². The number of unbranched alkanes of at least 4 members (excludes halogenated alkanes) is 6. The van der Waals surface area contributed by atoms with Crippen LogP contribution in [0.1, 0.15) is 63.9 Å². The zero-order chi connectivity index (χ0) is 17.6. The minimum Gasteiger partial charge on any atom is -0.493 e. The first-order valence-electron chi connectivity index (χ1n) is 9.25. The van der Waals surface area contributed by atoms with Gasteiger partial charge in [-0.15, -0.1) is 0 Å². The van der Waals surface area contributed by atoms with Gasteiger partial charge in [0.05, 0.1) is 20.8 Å². The third kappa shape index (κ3) is 7.43. The number of aliphatic hydroxyl groups is 1. The number of rotatable bonds is 14. The molecule has 0 aromatic heterocycles. The highest BCUT2D eigenvalue weighted by Crippen LogP contribution is 2.39. The summed E-state index contributed by atoms with van der Waals surface area (Å²) in [4.78, 5) is 0. The van der Waals surface area contributed by atoms with Crippen molar-refractivity contribution in [3.63, 3.8) is 0 Å². The van der Waals surface area contributed by atoms with Crippen LogP contribution in [0.5, 0.6) is 17.2 Å². The summed E-state index contributed by atoms with van der Waals surface area (Å²) in [5.41, 5.74) is 1.20. The summed E-state index contributed by atoms with van der Waals surface area (Å²) in [6, 6.07) is 4.10. The van der Waals surface area contributed by atoms with Crippen molar-refractivity contribution < 1.29 is 19.3 Å². The molecule has 0 amide bonds. The third-order valence-electron chi connectivity index (χ3n) is 4.14. The Balaban J connectivity index is 2.63. The fourth-order valence-corrected chi connectivity index (χ4v) is 2.72. The highest BCUT2D eigenvalue weighted by Gasteiger charge is 2.14. The molecule has 0 unspecified atom stereocenters. The summed E-state index contributed by atoms with van der Waals surface area (Å²) in [5, 5.41) is 8.82. The van der Waals surface area contributed by atoms with Gasteiger partial charge in [0.1, 0.15) is 0 Å². The van der Waals surface area contributed by atoms with Crippen LogP contribution in [0.15, 0.2) is 12.1 Å². The Kier molecular flexibility index (Phi) is 11.1. The van der Waals surface area contributed by atoms with Crippen LogP contribution in [0.2, 0.25) is 0 Å². The second-order valence-corrected chi connectivity index (χ2v) is 6.13. The molecule has 1 rings (SSSR count). The molecule has 0 spiro atoms.